The Balaban J connectivity index is 1.53. The van der Waals surface area contributed by atoms with E-state index in [2.05, 4.69) is 15.3 Å². The van der Waals surface area contributed by atoms with Gasteiger partial charge in [-0.1, -0.05) is 0 Å². The predicted octanol–water partition coefficient (Wildman–Crippen LogP) is 3.12. The Morgan fingerprint density at radius 1 is 1.09 bits per heavy atom. The summed E-state index contributed by atoms with van der Waals surface area (Å²) in [5, 5.41) is 2.79. The van der Waals surface area contributed by atoms with E-state index in [0.29, 0.717) is 28.9 Å². The monoisotopic (exact) mass is 331 g/mol. The second-order valence-electron chi connectivity index (χ2n) is 4.94. The number of halogens is 1. The topological polar surface area (TPSA) is 77.8 Å². The Morgan fingerprint density at radius 3 is 2.61 bits per heavy atom. The molecule has 23 heavy (non-hydrogen) atoms. The minimum absolute atomic E-state index is 0.114. The Bertz CT molecular complexity index is 886. The van der Waals surface area contributed by atoms with Crippen molar-refractivity contribution < 1.29 is 9.18 Å². The van der Waals surface area contributed by atoms with Gasteiger partial charge in [0.2, 0.25) is 5.91 Å². The summed E-state index contributed by atoms with van der Waals surface area (Å²) in [5.74, 6) is 0.211. The first-order valence-electron chi connectivity index (χ1n) is 7.00. The summed E-state index contributed by atoms with van der Waals surface area (Å²) >= 11 is 1.49. The molecule has 5 nitrogen and oxygen atoms in total. The number of aromatic amines is 2. The summed E-state index contributed by atoms with van der Waals surface area (Å²) < 4.78 is 12.8. The number of nitrogens with one attached hydrogen (secondary N) is 3. The molecule has 3 N–H and O–H groups in total. The molecule has 3 rings (SSSR count). The molecule has 3 aromatic rings. The van der Waals surface area contributed by atoms with E-state index in [0.717, 1.165) is 4.90 Å². The van der Waals surface area contributed by atoms with Gasteiger partial charge in [-0.3, -0.25) is 4.79 Å². The van der Waals surface area contributed by atoms with Gasteiger partial charge in [0.1, 0.15) is 5.82 Å². The molecule has 0 unspecified atom stereocenters. The van der Waals surface area contributed by atoms with Gasteiger partial charge in [0.25, 0.3) is 0 Å². The van der Waals surface area contributed by atoms with Crippen molar-refractivity contribution in [1.29, 1.82) is 0 Å². The molecule has 0 saturated carbocycles. The molecule has 118 valence electrons. The Morgan fingerprint density at radius 2 is 1.83 bits per heavy atom. The maximum absolute atomic E-state index is 12.8. The number of carbonyl (C=O) groups is 1. The number of thioether (sulfide) groups is 1. The minimum Gasteiger partial charge on any atom is -0.326 e. The predicted molar refractivity (Wildman–Crippen MR) is 89.3 cm³/mol. The van der Waals surface area contributed by atoms with Crippen LogP contribution in [0.5, 0.6) is 0 Å². The second-order valence-corrected chi connectivity index (χ2v) is 6.11. The lowest BCUT2D eigenvalue weighted by Crippen LogP contribution is -2.12. The van der Waals surface area contributed by atoms with Gasteiger partial charge in [-0.25, -0.2) is 9.18 Å². The lowest BCUT2D eigenvalue weighted by Gasteiger charge is -2.05. The fraction of sp³-hybridized carbons (Fsp3) is 0.125. The minimum atomic E-state index is -0.279. The molecule has 0 fully saturated rings. The van der Waals surface area contributed by atoms with Crippen LogP contribution in [-0.2, 0) is 4.79 Å². The number of benzene rings is 2. The van der Waals surface area contributed by atoms with Gasteiger partial charge < -0.3 is 15.3 Å². The van der Waals surface area contributed by atoms with E-state index in [9.17, 15) is 14.0 Å². The van der Waals surface area contributed by atoms with Crippen molar-refractivity contribution in [2.75, 3.05) is 11.1 Å². The van der Waals surface area contributed by atoms with Crippen LogP contribution in [0.4, 0.5) is 10.1 Å². The van der Waals surface area contributed by atoms with Crippen molar-refractivity contribution >= 4 is 34.4 Å². The van der Waals surface area contributed by atoms with Crippen molar-refractivity contribution in [2.45, 2.75) is 11.3 Å². The lowest BCUT2D eigenvalue weighted by molar-refractivity contribution is -0.115. The van der Waals surface area contributed by atoms with Crippen molar-refractivity contribution in [3.8, 4) is 0 Å². The normalized spacial score (nSPS) is 10.8. The fourth-order valence-electron chi connectivity index (χ4n) is 2.13. The lowest BCUT2D eigenvalue weighted by atomic mass is 10.2. The van der Waals surface area contributed by atoms with Gasteiger partial charge in [0.15, 0.2) is 0 Å². The molecule has 1 aromatic heterocycles. The summed E-state index contributed by atoms with van der Waals surface area (Å²) in [6.07, 6.45) is 0.337. The van der Waals surface area contributed by atoms with E-state index >= 15 is 0 Å². The third-order valence-corrected chi connectivity index (χ3v) is 4.22. The van der Waals surface area contributed by atoms with Crippen LogP contribution >= 0.6 is 11.8 Å². The number of hydrogen-bond acceptors (Lipinski definition) is 3. The van der Waals surface area contributed by atoms with Crippen LogP contribution in [0, 0.1) is 5.82 Å². The van der Waals surface area contributed by atoms with E-state index in [4.69, 9.17) is 0 Å². The molecular weight excluding hydrogens is 317 g/mol. The highest BCUT2D eigenvalue weighted by Gasteiger charge is 2.05. The van der Waals surface area contributed by atoms with Gasteiger partial charge in [0.05, 0.1) is 11.0 Å². The van der Waals surface area contributed by atoms with E-state index < -0.39 is 0 Å². The van der Waals surface area contributed by atoms with Crippen LogP contribution in [-0.4, -0.2) is 21.6 Å². The van der Waals surface area contributed by atoms with Crippen LogP contribution < -0.4 is 11.0 Å². The first kappa shape index (κ1) is 15.4. The zero-order valence-corrected chi connectivity index (χ0v) is 12.9. The van der Waals surface area contributed by atoms with Gasteiger partial charge in [-0.2, -0.15) is 0 Å². The number of carbonyl (C=O) groups excluding carboxylic acids is 1. The number of H-pyrrole nitrogens is 2. The largest absolute Gasteiger partial charge is 0.326 e. The van der Waals surface area contributed by atoms with Crippen LogP contribution in [0.2, 0.25) is 0 Å². The molecule has 0 radical (unpaired) electrons. The molecule has 7 heteroatoms. The van der Waals surface area contributed by atoms with Gasteiger partial charge in [-0.05, 0) is 42.5 Å². The number of aromatic nitrogens is 2. The molecule has 1 amide bonds. The van der Waals surface area contributed by atoms with Crippen molar-refractivity contribution in [3.05, 3.63) is 58.8 Å². The molecule has 0 bridgehead atoms. The van der Waals surface area contributed by atoms with Crippen LogP contribution in [0.3, 0.4) is 0 Å². The van der Waals surface area contributed by atoms with E-state index in [1.165, 1.54) is 23.9 Å². The quantitative estimate of drug-likeness (QED) is 0.629. The molecule has 0 aliphatic heterocycles. The summed E-state index contributed by atoms with van der Waals surface area (Å²) in [5.41, 5.74) is 1.69. The highest BCUT2D eigenvalue weighted by Crippen LogP contribution is 2.19. The third-order valence-electron chi connectivity index (χ3n) is 3.21. The fourth-order valence-corrected chi connectivity index (χ4v) is 2.98. The summed E-state index contributed by atoms with van der Waals surface area (Å²) in [4.78, 5) is 29.3. The summed E-state index contributed by atoms with van der Waals surface area (Å²) in [6, 6.07) is 11.3. The summed E-state index contributed by atoms with van der Waals surface area (Å²) in [7, 11) is 0. The Kier molecular flexibility index (Phi) is 4.47. The van der Waals surface area contributed by atoms with Crippen molar-refractivity contribution in [1.82, 2.24) is 9.97 Å². The zero-order chi connectivity index (χ0) is 16.2. The van der Waals surface area contributed by atoms with Gasteiger partial charge in [-0.15, -0.1) is 11.8 Å². The first-order chi connectivity index (χ1) is 11.1. The van der Waals surface area contributed by atoms with E-state index in [-0.39, 0.29) is 17.4 Å². The molecule has 0 spiro atoms. The maximum Gasteiger partial charge on any atom is 0.323 e. The molecule has 2 aromatic carbocycles. The zero-order valence-electron chi connectivity index (χ0n) is 12.1. The Hall–Kier alpha value is -2.54. The highest BCUT2D eigenvalue weighted by atomic mass is 32.2. The number of hydrogen-bond donors (Lipinski definition) is 3. The number of imidazole rings is 1. The Labute approximate surface area is 135 Å². The van der Waals surface area contributed by atoms with Crippen LogP contribution in [0.25, 0.3) is 11.0 Å². The van der Waals surface area contributed by atoms with Crippen LogP contribution in [0.15, 0.2) is 52.2 Å². The van der Waals surface area contributed by atoms with E-state index in [1.807, 2.05) is 0 Å². The SMILES string of the molecule is O=C(CCSc1ccc(F)cc1)Nc1ccc2[nH]c(=O)[nH]c2c1. The first-order valence-corrected chi connectivity index (χ1v) is 7.99. The number of fused-ring (bicyclic) bond motifs is 1. The van der Waals surface area contributed by atoms with Crippen molar-refractivity contribution in [2.24, 2.45) is 0 Å². The molecule has 0 saturated heterocycles. The second kappa shape index (κ2) is 6.70. The smallest absolute Gasteiger partial charge is 0.323 e. The number of anilines is 1. The molecular formula is C16H14FN3O2S. The van der Waals surface area contributed by atoms with E-state index in [1.54, 1.807) is 30.3 Å². The molecule has 0 aliphatic carbocycles. The third kappa shape index (κ3) is 4.01. The molecule has 0 atom stereocenters. The van der Waals surface area contributed by atoms with Crippen LogP contribution in [0.1, 0.15) is 6.42 Å². The number of rotatable bonds is 5. The number of amides is 1. The average Bonchev–Trinajstić information content (AvgIpc) is 2.88. The molecule has 1 heterocycles. The van der Waals surface area contributed by atoms with Gasteiger partial charge in [0, 0.05) is 22.8 Å². The van der Waals surface area contributed by atoms with Gasteiger partial charge >= 0.3 is 5.69 Å². The highest BCUT2D eigenvalue weighted by molar-refractivity contribution is 7.99. The maximum atomic E-state index is 12.8. The summed E-state index contributed by atoms with van der Waals surface area (Å²) in [6.45, 7) is 0. The standard InChI is InChI=1S/C16H14FN3O2S/c17-10-1-4-12(5-2-10)23-8-7-15(21)18-11-3-6-13-14(9-11)20-16(22)19-13/h1-6,9H,7-8H2,(H,18,21)(H2,19,20,22). The average molecular weight is 331 g/mol. The van der Waals surface area contributed by atoms with Crippen molar-refractivity contribution in [3.63, 3.8) is 0 Å². The molecule has 0 aliphatic rings.